The number of carbonyl (C=O) groups is 2. The minimum atomic E-state index is -1.28. The average molecular weight is 142 g/mol. The third-order valence-electron chi connectivity index (χ3n) is 2.21. The number of hydrogen-bond acceptors (Lipinski definition) is 2. The van der Waals surface area contributed by atoms with Gasteiger partial charge in [-0.3, -0.25) is 4.79 Å². The number of carbonyl (C=O) groups excluding carboxylic acids is 1. The van der Waals surface area contributed by atoms with Crippen LogP contribution in [0.5, 0.6) is 0 Å². The molecule has 1 aliphatic carbocycles. The Morgan fingerprint density at radius 3 is 2.10 bits per heavy atom. The smallest absolute Gasteiger partial charge is 0.372 e. The Bertz CT molecular complexity index is 179. The maximum absolute atomic E-state index is 10.9. The second-order valence-electron chi connectivity index (χ2n) is 2.77. The van der Waals surface area contributed by atoms with Gasteiger partial charge in [0, 0.05) is 5.41 Å². The molecule has 0 aromatic rings. The van der Waals surface area contributed by atoms with Crippen LogP contribution in [0.1, 0.15) is 26.2 Å². The third-order valence-corrected chi connectivity index (χ3v) is 2.21. The van der Waals surface area contributed by atoms with Crippen LogP contribution in [-0.4, -0.2) is 16.9 Å². The highest BCUT2D eigenvalue weighted by atomic mass is 16.4. The van der Waals surface area contributed by atoms with Crippen LogP contribution in [0.25, 0.3) is 0 Å². The Kier molecular flexibility index (Phi) is 1.50. The summed E-state index contributed by atoms with van der Waals surface area (Å²) in [5.41, 5.74) is -0.466. The maximum Gasteiger partial charge on any atom is 0.372 e. The molecule has 0 aliphatic heterocycles. The fraction of sp³-hybridized carbons (Fsp3) is 0.714. The van der Waals surface area contributed by atoms with Gasteiger partial charge in [-0.05, 0) is 19.3 Å². The lowest BCUT2D eigenvalue weighted by atomic mass is 9.98. The molecule has 0 saturated heterocycles. The molecule has 0 bridgehead atoms. The zero-order valence-corrected chi connectivity index (χ0v) is 5.89. The lowest BCUT2D eigenvalue weighted by Gasteiger charge is -2.04. The van der Waals surface area contributed by atoms with Crippen molar-refractivity contribution in [1.29, 1.82) is 0 Å². The van der Waals surface area contributed by atoms with Crippen molar-refractivity contribution >= 4 is 11.8 Å². The number of ketones is 1. The highest BCUT2D eigenvalue weighted by Gasteiger charge is 2.50. The van der Waals surface area contributed by atoms with Gasteiger partial charge in [0.15, 0.2) is 0 Å². The van der Waals surface area contributed by atoms with Gasteiger partial charge in [0.05, 0.1) is 0 Å². The van der Waals surface area contributed by atoms with Gasteiger partial charge in [-0.15, -0.1) is 0 Å². The minimum Gasteiger partial charge on any atom is -0.475 e. The summed E-state index contributed by atoms with van der Waals surface area (Å²) in [5, 5.41) is 8.34. The Balaban J connectivity index is 2.65. The van der Waals surface area contributed by atoms with E-state index in [1.54, 1.807) is 0 Å². The molecule has 1 aliphatic rings. The predicted octanol–water partition coefficient (Wildman–Crippen LogP) is 0.830. The van der Waals surface area contributed by atoms with Crippen molar-refractivity contribution in [2.45, 2.75) is 26.2 Å². The number of rotatable bonds is 3. The normalized spacial score (nSPS) is 20.1. The van der Waals surface area contributed by atoms with E-state index in [1.165, 1.54) is 0 Å². The average Bonchev–Trinajstić information content (AvgIpc) is 2.66. The second-order valence-corrected chi connectivity index (χ2v) is 2.77. The highest BCUT2D eigenvalue weighted by Crippen LogP contribution is 2.49. The fourth-order valence-corrected chi connectivity index (χ4v) is 1.12. The summed E-state index contributed by atoms with van der Waals surface area (Å²) < 4.78 is 0. The van der Waals surface area contributed by atoms with Gasteiger partial charge in [-0.1, -0.05) is 6.92 Å². The van der Waals surface area contributed by atoms with Crippen molar-refractivity contribution in [3.8, 4) is 0 Å². The molecule has 3 heteroatoms. The molecule has 1 fully saturated rings. The maximum atomic E-state index is 10.9. The molecule has 0 unspecified atom stereocenters. The van der Waals surface area contributed by atoms with E-state index in [9.17, 15) is 9.59 Å². The summed E-state index contributed by atoms with van der Waals surface area (Å²) in [5.74, 6) is -1.88. The van der Waals surface area contributed by atoms with Gasteiger partial charge in [-0.2, -0.15) is 0 Å². The van der Waals surface area contributed by atoms with E-state index >= 15 is 0 Å². The molecule has 56 valence electrons. The molecule has 0 amide bonds. The lowest BCUT2D eigenvalue weighted by Crippen LogP contribution is -2.23. The van der Waals surface area contributed by atoms with Crippen molar-refractivity contribution in [2.75, 3.05) is 0 Å². The summed E-state index contributed by atoms with van der Waals surface area (Å²) in [6, 6.07) is 0. The van der Waals surface area contributed by atoms with E-state index < -0.39 is 17.2 Å². The molecule has 1 N–H and O–H groups in total. The first-order chi connectivity index (χ1) is 4.62. The Morgan fingerprint density at radius 2 is 2.00 bits per heavy atom. The number of Topliss-reactive ketones (excluding diaryl/α,β-unsaturated/α-hetero) is 1. The monoisotopic (exact) mass is 142 g/mol. The van der Waals surface area contributed by atoms with Crippen LogP contribution in [-0.2, 0) is 9.59 Å². The Hall–Kier alpha value is -0.860. The summed E-state index contributed by atoms with van der Waals surface area (Å²) in [4.78, 5) is 21.1. The van der Waals surface area contributed by atoms with E-state index in [1.807, 2.05) is 6.92 Å². The van der Waals surface area contributed by atoms with Gasteiger partial charge in [0.2, 0.25) is 5.78 Å². The van der Waals surface area contributed by atoms with E-state index in [-0.39, 0.29) is 0 Å². The molecule has 1 rings (SSSR count). The topological polar surface area (TPSA) is 54.4 Å². The largest absolute Gasteiger partial charge is 0.475 e. The van der Waals surface area contributed by atoms with Crippen LogP contribution < -0.4 is 0 Å². The van der Waals surface area contributed by atoms with Gasteiger partial charge in [0.25, 0.3) is 0 Å². The summed E-state index contributed by atoms with van der Waals surface area (Å²) in [6.07, 6.45) is 2.18. The molecule has 0 spiro atoms. The van der Waals surface area contributed by atoms with E-state index in [0.717, 1.165) is 12.8 Å². The summed E-state index contributed by atoms with van der Waals surface area (Å²) in [6.45, 7) is 1.86. The predicted molar refractivity (Wildman–Crippen MR) is 34.6 cm³/mol. The molecule has 0 aromatic heterocycles. The quantitative estimate of drug-likeness (QED) is 0.594. The molecule has 3 nitrogen and oxygen atoms in total. The summed E-state index contributed by atoms with van der Waals surface area (Å²) in [7, 11) is 0. The Morgan fingerprint density at radius 1 is 1.50 bits per heavy atom. The van der Waals surface area contributed by atoms with Crippen LogP contribution in [0.2, 0.25) is 0 Å². The van der Waals surface area contributed by atoms with Crippen LogP contribution in [0, 0.1) is 5.41 Å². The van der Waals surface area contributed by atoms with Gasteiger partial charge in [-0.25, -0.2) is 4.79 Å². The highest BCUT2D eigenvalue weighted by molar-refractivity contribution is 6.35. The lowest BCUT2D eigenvalue weighted by molar-refractivity contribution is -0.151. The fourth-order valence-electron chi connectivity index (χ4n) is 1.12. The van der Waals surface area contributed by atoms with Crippen LogP contribution in [0.4, 0.5) is 0 Å². The van der Waals surface area contributed by atoms with Crippen molar-refractivity contribution < 1.29 is 14.7 Å². The molecule has 0 aromatic carbocycles. The van der Waals surface area contributed by atoms with Gasteiger partial charge < -0.3 is 5.11 Å². The molecule has 0 atom stereocenters. The van der Waals surface area contributed by atoms with Crippen molar-refractivity contribution in [1.82, 2.24) is 0 Å². The van der Waals surface area contributed by atoms with E-state index in [2.05, 4.69) is 0 Å². The molecule has 1 saturated carbocycles. The standard InChI is InChI=1S/C7H10O3/c1-2-7(3-4-7)5(8)6(9)10/h2-4H2,1H3,(H,9,10). The molecule has 0 heterocycles. The number of carboxylic acids is 1. The van der Waals surface area contributed by atoms with Gasteiger partial charge in [0.1, 0.15) is 0 Å². The molecule has 10 heavy (non-hydrogen) atoms. The number of carboxylic acid groups (broad SMARTS) is 1. The molecular formula is C7H10O3. The first-order valence-corrected chi connectivity index (χ1v) is 3.40. The van der Waals surface area contributed by atoms with Crippen LogP contribution in [0.15, 0.2) is 0 Å². The van der Waals surface area contributed by atoms with Gasteiger partial charge >= 0.3 is 5.97 Å². The third kappa shape index (κ3) is 0.916. The Labute approximate surface area is 59.0 Å². The zero-order chi connectivity index (χ0) is 7.78. The number of hydrogen-bond donors (Lipinski definition) is 1. The first kappa shape index (κ1) is 7.25. The SMILES string of the molecule is CCC1(C(=O)C(=O)O)CC1. The molecular weight excluding hydrogens is 132 g/mol. The van der Waals surface area contributed by atoms with Crippen molar-refractivity contribution in [3.63, 3.8) is 0 Å². The second kappa shape index (κ2) is 2.08. The minimum absolute atomic E-state index is 0.466. The summed E-state index contributed by atoms with van der Waals surface area (Å²) >= 11 is 0. The van der Waals surface area contributed by atoms with E-state index in [4.69, 9.17) is 5.11 Å². The first-order valence-electron chi connectivity index (χ1n) is 3.40. The zero-order valence-electron chi connectivity index (χ0n) is 5.89. The molecule has 0 radical (unpaired) electrons. The van der Waals surface area contributed by atoms with Crippen LogP contribution >= 0.6 is 0 Å². The van der Waals surface area contributed by atoms with Crippen molar-refractivity contribution in [2.24, 2.45) is 5.41 Å². The number of aliphatic carboxylic acids is 1. The van der Waals surface area contributed by atoms with Crippen LogP contribution in [0.3, 0.4) is 0 Å². The van der Waals surface area contributed by atoms with E-state index in [0.29, 0.717) is 6.42 Å². The van der Waals surface area contributed by atoms with Crippen molar-refractivity contribution in [3.05, 3.63) is 0 Å².